The maximum absolute atomic E-state index is 12.9. The van der Waals surface area contributed by atoms with Crippen molar-refractivity contribution in [3.8, 4) is 0 Å². The van der Waals surface area contributed by atoms with E-state index in [0.717, 1.165) is 23.8 Å². The van der Waals surface area contributed by atoms with E-state index in [-0.39, 0.29) is 4.90 Å². The summed E-state index contributed by atoms with van der Waals surface area (Å²) in [7, 11) is -3.61. The van der Waals surface area contributed by atoms with Crippen LogP contribution in [0.5, 0.6) is 0 Å². The Bertz CT molecular complexity index is 926. The van der Waals surface area contributed by atoms with Crippen LogP contribution in [0.2, 0.25) is 0 Å². The van der Waals surface area contributed by atoms with Gasteiger partial charge < -0.3 is 0 Å². The molecule has 0 aliphatic heterocycles. The van der Waals surface area contributed by atoms with E-state index in [1.165, 1.54) is 10.4 Å². The SMILES string of the molecule is O=S(=O)(c1ccccc1)n1cc(C2CCC2)c2cccnc21. The summed E-state index contributed by atoms with van der Waals surface area (Å²) in [5.74, 6) is 0.457. The van der Waals surface area contributed by atoms with Crippen molar-refractivity contribution in [3.63, 3.8) is 0 Å². The first kappa shape index (κ1) is 13.5. The number of hydrogen-bond donors (Lipinski definition) is 0. The lowest BCUT2D eigenvalue weighted by atomic mass is 9.80. The van der Waals surface area contributed by atoms with Crippen LogP contribution in [-0.4, -0.2) is 17.4 Å². The van der Waals surface area contributed by atoms with Gasteiger partial charge in [-0.3, -0.25) is 0 Å². The van der Waals surface area contributed by atoms with Gasteiger partial charge >= 0.3 is 0 Å². The molecule has 0 spiro atoms. The first-order valence-corrected chi connectivity index (χ1v) is 8.88. The van der Waals surface area contributed by atoms with Gasteiger partial charge in [-0.05, 0) is 48.6 Å². The predicted octanol–water partition coefficient (Wildman–Crippen LogP) is 3.54. The number of hydrogen-bond acceptors (Lipinski definition) is 3. The van der Waals surface area contributed by atoms with E-state index in [1.807, 2.05) is 18.2 Å². The molecule has 0 saturated heterocycles. The van der Waals surface area contributed by atoms with E-state index in [2.05, 4.69) is 4.98 Å². The average Bonchev–Trinajstić information content (AvgIpc) is 2.87. The lowest BCUT2D eigenvalue weighted by Crippen LogP contribution is -2.13. The largest absolute Gasteiger partial charge is 0.269 e. The second-order valence-electron chi connectivity index (χ2n) is 5.70. The molecule has 3 aromatic rings. The van der Waals surface area contributed by atoms with Gasteiger partial charge in [0.25, 0.3) is 10.0 Å². The standard InChI is InChI=1S/C17H16N2O2S/c20-22(21,14-8-2-1-3-9-14)19-12-16(13-6-4-7-13)15-10-5-11-18-17(15)19/h1-3,5,8-13H,4,6-7H2. The molecule has 0 N–H and O–H groups in total. The number of aromatic nitrogens is 2. The molecular weight excluding hydrogens is 296 g/mol. The van der Waals surface area contributed by atoms with Crippen molar-refractivity contribution in [1.82, 2.24) is 8.96 Å². The van der Waals surface area contributed by atoms with E-state index in [4.69, 9.17) is 0 Å². The smallest absolute Gasteiger partial charge is 0.237 e. The molecule has 4 rings (SSSR count). The topological polar surface area (TPSA) is 52.0 Å². The van der Waals surface area contributed by atoms with Gasteiger partial charge in [0.2, 0.25) is 0 Å². The summed E-state index contributed by atoms with van der Waals surface area (Å²) in [6.07, 6.45) is 6.87. The molecule has 1 saturated carbocycles. The van der Waals surface area contributed by atoms with Gasteiger partial charge in [-0.15, -0.1) is 0 Å². The number of pyridine rings is 1. The molecule has 1 fully saturated rings. The zero-order valence-electron chi connectivity index (χ0n) is 12.0. The van der Waals surface area contributed by atoms with Crippen molar-refractivity contribution in [2.75, 3.05) is 0 Å². The molecule has 22 heavy (non-hydrogen) atoms. The van der Waals surface area contributed by atoms with Gasteiger partial charge in [0, 0.05) is 17.8 Å². The number of nitrogens with zero attached hydrogens (tertiary/aromatic N) is 2. The summed E-state index contributed by atoms with van der Waals surface area (Å²) in [5.41, 5.74) is 1.63. The number of fused-ring (bicyclic) bond motifs is 1. The monoisotopic (exact) mass is 312 g/mol. The average molecular weight is 312 g/mol. The van der Waals surface area contributed by atoms with E-state index in [1.54, 1.807) is 36.7 Å². The minimum absolute atomic E-state index is 0.290. The van der Waals surface area contributed by atoms with Gasteiger partial charge in [-0.25, -0.2) is 17.4 Å². The third kappa shape index (κ3) is 1.96. The number of benzene rings is 1. The van der Waals surface area contributed by atoms with E-state index in [9.17, 15) is 8.42 Å². The molecule has 0 bridgehead atoms. The van der Waals surface area contributed by atoms with Crippen molar-refractivity contribution in [1.29, 1.82) is 0 Å². The molecule has 1 aromatic carbocycles. The molecule has 0 amide bonds. The quantitative estimate of drug-likeness (QED) is 0.743. The maximum atomic E-state index is 12.9. The third-order valence-corrected chi connectivity index (χ3v) is 6.07. The van der Waals surface area contributed by atoms with Gasteiger partial charge in [0.15, 0.2) is 5.65 Å². The molecule has 4 nitrogen and oxygen atoms in total. The van der Waals surface area contributed by atoms with Crippen LogP contribution in [0.4, 0.5) is 0 Å². The van der Waals surface area contributed by atoms with Gasteiger partial charge in [-0.2, -0.15) is 0 Å². The van der Waals surface area contributed by atoms with Crippen LogP contribution in [0.1, 0.15) is 30.7 Å². The summed E-state index contributed by atoms with van der Waals surface area (Å²) in [5, 5.41) is 0.951. The minimum atomic E-state index is -3.61. The Labute approximate surface area is 129 Å². The fourth-order valence-corrected chi connectivity index (χ4v) is 4.34. The van der Waals surface area contributed by atoms with Crippen molar-refractivity contribution in [2.45, 2.75) is 30.1 Å². The van der Waals surface area contributed by atoms with Crippen LogP contribution in [0.25, 0.3) is 11.0 Å². The molecule has 1 aliphatic carbocycles. The van der Waals surface area contributed by atoms with Crippen LogP contribution in [0, 0.1) is 0 Å². The Balaban J connectivity index is 1.96. The second-order valence-corrected chi connectivity index (χ2v) is 7.52. The molecule has 0 unspecified atom stereocenters. The van der Waals surface area contributed by atoms with Crippen molar-refractivity contribution < 1.29 is 8.42 Å². The lowest BCUT2D eigenvalue weighted by Gasteiger charge is -2.24. The van der Waals surface area contributed by atoms with Crippen LogP contribution >= 0.6 is 0 Å². The highest BCUT2D eigenvalue weighted by Gasteiger charge is 2.27. The maximum Gasteiger partial charge on any atom is 0.269 e. The van der Waals surface area contributed by atoms with Crippen LogP contribution in [0.3, 0.4) is 0 Å². The Morgan fingerprint density at radius 1 is 1.05 bits per heavy atom. The summed E-state index contributed by atoms with van der Waals surface area (Å²) in [4.78, 5) is 4.61. The first-order chi connectivity index (χ1) is 10.7. The first-order valence-electron chi connectivity index (χ1n) is 7.44. The van der Waals surface area contributed by atoms with Gasteiger partial charge in [0.1, 0.15) is 0 Å². The molecule has 0 atom stereocenters. The Hall–Kier alpha value is -2.14. The molecular formula is C17H16N2O2S. The van der Waals surface area contributed by atoms with Crippen molar-refractivity contribution in [2.24, 2.45) is 0 Å². The zero-order valence-corrected chi connectivity index (χ0v) is 12.8. The molecule has 5 heteroatoms. The summed E-state index contributed by atoms with van der Waals surface area (Å²) in [6, 6.07) is 12.3. The minimum Gasteiger partial charge on any atom is -0.237 e. The second kappa shape index (κ2) is 4.95. The zero-order chi connectivity index (χ0) is 15.2. The molecule has 2 aromatic heterocycles. The van der Waals surface area contributed by atoms with Crippen LogP contribution in [-0.2, 0) is 10.0 Å². The van der Waals surface area contributed by atoms with Gasteiger partial charge in [0.05, 0.1) is 4.90 Å². The fourth-order valence-electron chi connectivity index (χ4n) is 2.99. The molecule has 112 valence electrons. The highest BCUT2D eigenvalue weighted by Crippen LogP contribution is 2.40. The van der Waals surface area contributed by atoms with Gasteiger partial charge in [-0.1, -0.05) is 24.6 Å². The van der Waals surface area contributed by atoms with E-state index in [0.29, 0.717) is 11.6 Å². The molecule has 0 radical (unpaired) electrons. The molecule has 2 heterocycles. The fraction of sp³-hybridized carbons (Fsp3) is 0.235. The third-order valence-electron chi connectivity index (χ3n) is 4.41. The van der Waals surface area contributed by atoms with E-state index >= 15 is 0 Å². The lowest BCUT2D eigenvalue weighted by molar-refractivity contribution is 0.422. The summed E-state index contributed by atoms with van der Waals surface area (Å²) < 4.78 is 27.2. The Kier molecular flexibility index (Phi) is 3.04. The Morgan fingerprint density at radius 2 is 1.82 bits per heavy atom. The van der Waals surface area contributed by atoms with Crippen molar-refractivity contribution >= 4 is 21.1 Å². The van der Waals surface area contributed by atoms with E-state index < -0.39 is 10.0 Å². The van der Waals surface area contributed by atoms with Crippen LogP contribution < -0.4 is 0 Å². The normalized spacial score (nSPS) is 15.8. The predicted molar refractivity (Wildman–Crippen MR) is 85.4 cm³/mol. The number of rotatable bonds is 3. The highest BCUT2D eigenvalue weighted by molar-refractivity contribution is 7.90. The molecule has 1 aliphatic rings. The summed E-state index contributed by atoms with van der Waals surface area (Å²) >= 11 is 0. The van der Waals surface area contributed by atoms with Crippen LogP contribution in [0.15, 0.2) is 59.8 Å². The Morgan fingerprint density at radius 3 is 2.50 bits per heavy atom. The summed E-state index contributed by atoms with van der Waals surface area (Å²) in [6.45, 7) is 0. The highest BCUT2D eigenvalue weighted by atomic mass is 32.2. The van der Waals surface area contributed by atoms with Crippen molar-refractivity contribution in [3.05, 3.63) is 60.4 Å².